The summed E-state index contributed by atoms with van der Waals surface area (Å²) in [4.78, 5) is 13.2. The Bertz CT molecular complexity index is 1210. The minimum Gasteiger partial charge on any atom is -0.354 e. The molecule has 34 heavy (non-hydrogen) atoms. The van der Waals surface area contributed by atoms with Gasteiger partial charge in [-0.15, -0.1) is 0 Å². The molecule has 1 N–H and O–H groups in total. The van der Waals surface area contributed by atoms with E-state index in [0.717, 1.165) is 29.5 Å². The normalized spacial score (nSPS) is 12.2. The summed E-state index contributed by atoms with van der Waals surface area (Å²) in [6.45, 7) is 8.05. The summed E-state index contributed by atoms with van der Waals surface area (Å²) in [6.07, 6.45) is 1.78. The van der Waals surface area contributed by atoms with Gasteiger partial charge in [-0.3, -0.25) is 9.10 Å². The minimum atomic E-state index is -3.92. The molecule has 0 saturated carbocycles. The quantitative estimate of drug-likeness (QED) is 0.436. The number of rotatable bonds is 10. The molecule has 0 heterocycles. The Balaban J connectivity index is 1.81. The molecule has 3 aromatic carbocycles. The molecule has 0 radical (unpaired) electrons. The van der Waals surface area contributed by atoms with Crippen LogP contribution in [0.2, 0.25) is 0 Å². The SMILES string of the molecule is CCC(CNC(=O)CN(c1ccc(C)cc1C)S(=O)(=O)c1ccc(C)cc1)Cc1ccccc1. The van der Waals surface area contributed by atoms with Crippen LogP contribution in [0.5, 0.6) is 0 Å². The molecule has 0 aliphatic rings. The number of hydrogen-bond donors (Lipinski definition) is 1. The number of nitrogens with zero attached hydrogens (tertiary/aromatic N) is 1. The maximum Gasteiger partial charge on any atom is 0.264 e. The summed E-state index contributed by atoms with van der Waals surface area (Å²) in [5.74, 6) is -0.0446. The smallest absolute Gasteiger partial charge is 0.264 e. The van der Waals surface area contributed by atoms with Crippen LogP contribution >= 0.6 is 0 Å². The van der Waals surface area contributed by atoms with E-state index in [1.54, 1.807) is 30.3 Å². The van der Waals surface area contributed by atoms with Crippen LogP contribution < -0.4 is 9.62 Å². The van der Waals surface area contributed by atoms with E-state index >= 15 is 0 Å². The fourth-order valence-electron chi connectivity index (χ4n) is 3.98. The lowest BCUT2D eigenvalue weighted by Gasteiger charge is -2.26. The van der Waals surface area contributed by atoms with Gasteiger partial charge in [-0.25, -0.2) is 8.42 Å². The lowest BCUT2D eigenvalue weighted by Crippen LogP contribution is -2.42. The first-order chi connectivity index (χ1) is 16.2. The van der Waals surface area contributed by atoms with Gasteiger partial charge in [-0.2, -0.15) is 0 Å². The number of hydrogen-bond acceptors (Lipinski definition) is 3. The van der Waals surface area contributed by atoms with Crippen molar-refractivity contribution in [1.29, 1.82) is 0 Å². The molecule has 3 rings (SSSR count). The molecule has 0 aromatic heterocycles. The first-order valence-electron chi connectivity index (χ1n) is 11.7. The number of benzene rings is 3. The van der Waals surface area contributed by atoms with Gasteiger partial charge in [-0.05, 0) is 62.4 Å². The third-order valence-electron chi connectivity index (χ3n) is 6.05. The molecule has 0 saturated heterocycles. The summed E-state index contributed by atoms with van der Waals surface area (Å²) < 4.78 is 28.4. The molecule has 1 unspecified atom stereocenters. The van der Waals surface area contributed by atoms with Crippen LogP contribution in [0.1, 0.15) is 35.6 Å². The van der Waals surface area contributed by atoms with E-state index in [4.69, 9.17) is 0 Å². The summed E-state index contributed by atoms with van der Waals surface area (Å²) in [5.41, 5.74) is 4.54. The minimum absolute atomic E-state index is 0.168. The van der Waals surface area contributed by atoms with E-state index in [1.165, 1.54) is 9.87 Å². The lowest BCUT2D eigenvalue weighted by atomic mass is 9.97. The van der Waals surface area contributed by atoms with Crippen molar-refractivity contribution in [1.82, 2.24) is 5.32 Å². The van der Waals surface area contributed by atoms with E-state index in [0.29, 0.717) is 12.2 Å². The van der Waals surface area contributed by atoms with Crippen LogP contribution in [0.15, 0.2) is 77.7 Å². The van der Waals surface area contributed by atoms with Crippen molar-refractivity contribution in [2.75, 3.05) is 17.4 Å². The first-order valence-corrected chi connectivity index (χ1v) is 13.1. The molecule has 0 fully saturated rings. The highest BCUT2D eigenvalue weighted by Crippen LogP contribution is 2.27. The van der Waals surface area contributed by atoms with Gasteiger partial charge in [0.2, 0.25) is 5.91 Å². The average Bonchev–Trinajstić information content (AvgIpc) is 2.81. The van der Waals surface area contributed by atoms with Crippen molar-refractivity contribution < 1.29 is 13.2 Å². The molecule has 1 atom stereocenters. The molecule has 6 heteroatoms. The van der Waals surface area contributed by atoms with E-state index in [1.807, 2.05) is 51.1 Å². The van der Waals surface area contributed by atoms with Gasteiger partial charge in [0.1, 0.15) is 6.54 Å². The molecular formula is C28H34N2O3S. The van der Waals surface area contributed by atoms with Gasteiger partial charge in [-0.1, -0.05) is 79.1 Å². The lowest BCUT2D eigenvalue weighted by molar-refractivity contribution is -0.119. The number of amides is 1. The highest BCUT2D eigenvalue weighted by atomic mass is 32.2. The van der Waals surface area contributed by atoms with Crippen LogP contribution in [0.25, 0.3) is 0 Å². The van der Waals surface area contributed by atoms with E-state index in [2.05, 4.69) is 24.4 Å². The zero-order valence-electron chi connectivity index (χ0n) is 20.4. The van der Waals surface area contributed by atoms with Gasteiger partial charge >= 0.3 is 0 Å². The van der Waals surface area contributed by atoms with Crippen LogP contribution in [0, 0.1) is 26.7 Å². The summed E-state index contributed by atoms with van der Waals surface area (Å²) in [7, 11) is -3.92. The van der Waals surface area contributed by atoms with E-state index < -0.39 is 10.0 Å². The topological polar surface area (TPSA) is 66.5 Å². The Morgan fingerprint density at radius 3 is 2.18 bits per heavy atom. The van der Waals surface area contributed by atoms with Gasteiger partial charge in [0.05, 0.1) is 10.6 Å². The molecule has 0 bridgehead atoms. The Kier molecular flexibility index (Phi) is 8.51. The highest BCUT2D eigenvalue weighted by Gasteiger charge is 2.28. The molecule has 0 aliphatic carbocycles. The van der Waals surface area contributed by atoms with Crippen molar-refractivity contribution in [2.45, 2.75) is 45.4 Å². The largest absolute Gasteiger partial charge is 0.354 e. The maximum atomic E-state index is 13.6. The number of sulfonamides is 1. The van der Waals surface area contributed by atoms with Crippen LogP contribution in [-0.4, -0.2) is 27.4 Å². The second kappa shape index (κ2) is 11.3. The summed E-state index contributed by atoms with van der Waals surface area (Å²) in [5, 5.41) is 2.97. The zero-order chi connectivity index (χ0) is 24.7. The van der Waals surface area contributed by atoms with Gasteiger partial charge in [0.15, 0.2) is 0 Å². The fourth-order valence-corrected chi connectivity index (χ4v) is 5.46. The van der Waals surface area contributed by atoms with Gasteiger partial charge in [0, 0.05) is 6.54 Å². The molecule has 5 nitrogen and oxygen atoms in total. The Hall–Kier alpha value is -3.12. The summed E-state index contributed by atoms with van der Waals surface area (Å²) in [6, 6.07) is 22.5. The molecule has 0 spiro atoms. The molecule has 1 amide bonds. The standard InChI is InChI=1S/C28H34N2O3S/c1-5-24(18-25-9-7-6-8-10-25)19-29-28(31)20-30(27-16-13-22(3)17-23(27)4)34(32,33)26-14-11-21(2)12-15-26/h6-17,24H,5,18-20H2,1-4H3,(H,29,31). The van der Waals surface area contributed by atoms with Crippen LogP contribution in [0.4, 0.5) is 5.69 Å². The van der Waals surface area contributed by atoms with E-state index in [-0.39, 0.29) is 23.3 Å². The third kappa shape index (κ3) is 6.48. The van der Waals surface area contributed by atoms with Crippen LogP contribution in [-0.2, 0) is 21.2 Å². The third-order valence-corrected chi connectivity index (χ3v) is 7.82. The number of carbonyl (C=O) groups excluding carboxylic acids is 1. The maximum absolute atomic E-state index is 13.6. The van der Waals surface area contributed by atoms with Crippen molar-refractivity contribution in [3.63, 3.8) is 0 Å². The van der Waals surface area contributed by atoms with Crippen molar-refractivity contribution in [3.8, 4) is 0 Å². The molecule has 180 valence electrons. The number of carbonyl (C=O) groups is 1. The molecular weight excluding hydrogens is 444 g/mol. The Morgan fingerprint density at radius 2 is 1.56 bits per heavy atom. The molecule has 3 aromatic rings. The second-order valence-electron chi connectivity index (χ2n) is 8.88. The first kappa shape index (κ1) is 25.5. The monoisotopic (exact) mass is 478 g/mol. The Labute approximate surface area is 203 Å². The number of nitrogens with one attached hydrogen (secondary N) is 1. The van der Waals surface area contributed by atoms with Crippen molar-refractivity contribution in [3.05, 3.63) is 95.1 Å². The van der Waals surface area contributed by atoms with Gasteiger partial charge in [0.25, 0.3) is 10.0 Å². The average molecular weight is 479 g/mol. The zero-order valence-corrected chi connectivity index (χ0v) is 21.2. The van der Waals surface area contributed by atoms with E-state index in [9.17, 15) is 13.2 Å². The van der Waals surface area contributed by atoms with Gasteiger partial charge < -0.3 is 5.32 Å². The Morgan fingerprint density at radius 1 is 0.912 bits per heavy atom. The predicted molar refractivity (Wildman–Crippen MR) is 139 cm³/mol. The van der Waals surface area contributed by atoms with Crippen molar-refractivity contribution >= 4 is 21.6 Å². The molecule has 0 aliphatic heterocycles. The second-order valence-corrected chi connectivity index (χ2v) is 10.7. The number of aryl methyl sites for hydroxylation is 3. The highest BCUT2D eigenvalue weighted by molar-refractivity contribution is 7.92. The van der Waals surface area contributed by atoms with Crippen LogP contribution in [0.3, 0.4) is 0 Å². The fraction of sp³-hybridized carbons (Fsp3) is 0.321. The predicted octanol–water partition coefficient (Wildman–Crippen LogP) is 5.19. The van der Waals surface area contributed by atoms with Crippen molar-refractivity contribution in [2.24, 2.45) is 5.92 Å². The summed E-state index contributed by atoms with van der Waals surface area (Å²) >= 11 is 0. The number of anilines is 1.